The number of rotatable bonds is 6. The third kappa shape index (κ3) is 4.29. The van der Waals surface area contributed by atoms with Gasteiger partial charge in [0.1, 0.15) is 0 Å². The molecule has 3 heterocycles. The van der Waals surface area contributed by atoms with Crippen molar-refractivity contribution in [1.82, 2.24) is 19.9 Å². The predicted molar refractivity (Wildman–Crippen MR) is 88.2 cm³/mol. The molecule has 1 aliphatic rings. The van der Waals surface area contributed by atoms with Crippen LogP contribution in [0.5, 0.6) is 0 Å². The Morgan fingerprint density at radius 2 is 1.91 bits per heavy atom. The van der Waals surface area contributed by atoms with E-state index in [4.69, 9.17) is 16.1 Å². The molecule has 1 saturated heterocycles. The molecule has 0 aliphatic carbocycles. The van der Waals surface area contributed by atoms with Crippen LogP contribution >= 0.6 is 22.9 Å². The Bertz CT molecular complexity index is 592. The Morgan fingerprint density at radius 3 is 2.55 bits per heavy atom. The van der Waals surface area contributed by atoms with Crippen LogP contribution in [0, 0.1) is 0 Å². The van der Waals surface area contributed by atoms with E-state index in [-0.39, 0.29) is 0 Å². The molecule has 2 aromatic rings. The number of halogens is 1. The summed E-state index contributed by atoms with van der Waals surface area (Å²) < 4.78 is 6.18. The number of aryl methyl sites for hydroxylation is 1. The van der Waals surface area contributed by atoms with Gasteiger partial charge in [0.15, 0.2) is 5.82 Å². The molecule has 7 heteroatoms. The molecule has 120 valence electrons. The molecule has 0 unspecified atom stereocenters. The summed E-state index contributed by atoms with van der Waals surface area (Å²) in [6.07, 6.45) is 1.94. The minimum atomic E-state index is 0.738. The summed E-state index contributed by atoms with van der Waals surface area (Å²) in [4.78, 5) is 10.6. The molecule has 0 amide bonds. The van der Waals surface area contributed by atoms with Gasteiger partial charge in [-0.05, 0) is 18.6 Å². The van der Waals surface area contributed by atoms with Crippen molar-refractivity contribution in [3.05, 3.63) is 33.1 Å². The maximum Gasteiger partial charge on any atom is 0.240 e. The first-order valence-electron chi connectivity index (χ1n) is 7.73. The monoisotopic (exact) mass is 340 g/mol. The molecule has 0 atom stereocenters. The van der Waals surface area contributed by atoms with Crippen molar-refractivity contribution < 1.29 is 4.52 Å². The standard InChI is InChI=1S/C15H21ClN4OS/c1-2-3-14-17-15(21-18-14)11-20-8-6-19(7-9-20)10-12-4-5-13(16)22-12/h4-5H,2-3,6-11H2,1H3. The number of hydrogen-bond acceptors (Lipinski definition) is 6. The van der Waals surface area contributed by atoms with Gasteiger partial charge in [0.2, 0.25) is 5.89 Å². The molecule has 0 N–H and O–H groups in total. The SMILES string of the molecule is CCCc1noc(CN2CCN(Cc3ccc(Cl)s3)CC2)n1. The van der Waals surface area contributed by atoms with Gasteiger partial charge < -0.3 is 4.52 Å². The number of aromatic nitrogens is 2. The summed E-state index contributed by atoms with van der Waals surface area (Å²) in [7, 11) is 0. The van der Waals surface area contributed by atoms with Gasteiger partial charge in [-0.25, -0.2) is 0 Å². The van der Waals surface area contributed by atoms with E-state index >= 15 is 0 Å². The molecule has 3 rings (SSSR count). The van der Waals surface area contributed by atoms with Crippen molar-refractivity contribution in [2.45, 2.75) is 32.9 Å². The van der Waals surface area contributed by atoms with Gasteiger partial charge in [0.05, 0.1) is 10.9 Å². The first kappa shape index (κ1) is 15.9. The Kier molecular flexibility index (Phi) is 5.46. The smallest absolute Gasteiger partial charge is 0.240 e. The lowest BCUT2D eigenvalue weighted by Crippen LogP contribution is -2.45. The highest BCUT2D eigenvalue weighted by atomic mass is 35.5. The van der Waals surface area contributed by atoms with Crippen LogP contribution in [-0.4, -0.2) is 46.1 Å². The van der Waals surface area contributed by atoms with Crippen LogP contribution in [0.3, 0.4) is 0 Å². The largest absolute Gasteiger partial charge is 0.338 e. The zero-order chi connectivity index (χ0) is 15.4. The maximum atomic E-state index is 5.98. The summed E-state index contributed by atoms with van der Waals surface area (Å²) >= 11 is 7.65. The van der Waals surface area contributed by atoms with E-state index < -0.39 is 0 Å². The third-order valence-electron chi connectivity index (χ3n) is 3.82. The molecular formula is C15H21ClN4OS. The highest BCUT2D eigenvalue weighted by Crippen LogP contribution is 2.23. The zero-order valence-electron chi connectivity index (χ0n) is 12.8. The van der Waals surface area contributed by atoms with Gasteiger partial charge >= 0.3 is 0 Å². The van der Waals surface area contributed by atoms with Gasteiger partial charge in [0.25, 0.3) is 0 Å². The summed E-state index contributed by atoms with van der Waals surface area (Å²) in [5, 5.41) is 4.01. The normalized spacial score (nSPS) is 17.2. The van der Waals surface area contributed by atoms with Crippen molar-refractivity contribution in [3.8, 4) is 0 Å². The lowest BCUT2D eigenvalue weighted by Gasteiger charge is -2.33. The van der Waals surface area contributed by atoms with E-state index in [0.717, 1.165) is 68.2 Å². The van der Waals surface area contributed by atoms with Gasteiger partial charge in [-0.1, -0.05) is 23.7 Å². The Morgan fingerprint density at radius 1 is 1.18 bits per heavy atom. The van der Waals surface area contributed by atoms with Crippen molar-refractivity contribution in [3.63, 3.8) is 0 Å². The molecule has 1 fully saturated rings. The minimum absolute atomic E-state index is 0.738. The number of nitrogens with zero attached hydrogens (tertiary/aromatic N) is 4. The van der Waals surface area contributed by atoms with E-state index in [1.165, 1.54) is 4.88 Å². The molecule has 0 aromatic carbocycles. The van der Waals surface area contributed by atoms with Crippen LogP contribution in [0.2, 0.25) is 4.34 Å². The van der Waals surface area contributed by atoms with E-state index in [1.807, 2.05) is 6.07 Å². The lowest BCUT2D eigenvalue weighted by atomic mass is 10.3. The van der Waals surface area contributed by atoms with E-state index in [0.29, 0.717) is 0 Å². The van der Waals surface area contributed by atoms with E-state index in [2.05, 4.69) is 32.9 Å². The first-order valence-corrected chi connectivity index (χ1v) is 8.93. The van der Waals surface area contributed by atoms with Gasteiger partial charge in [0, 0.05) is 44.0 Å². The molecule has 0 radical (unpaired) electrons. The summed E-state index contributed by atoms with van der Waals surface area (Å²) in [6, 6.07) is 4.09. The minimum Gasteiger partial charge on any atom is -0.338 e. The second-order valence-corrected chi connectivity index (χ2v) is 7.41. The Hall–Kier alpha value is -0.950. The van der Waals surface area contributed by atoms with Crippen LogP contribution in [0.25, 0.3) is 0 Å². The average molecular weight is 341 g/mol. The number of thiophene rings is 1. The molecule has 1 aliphatic heterocycles. The Balaban J connectivity index is 1.44. The van der Waals surface area contributed by atoms with Crippen LogP contribution in [0.1, 0.15) is 29.9 Å². The lowest BCUT2D eigenvalue weighted by molar-refractivity contribution is 0.113. The van der Waals surface area contributed by atoms with Crippen LogP contribution in [0.4, 0.5) is 0 Å². The topological polar surface area (TPSA) is 45.4 Å². The van der Waals surface area contributed by atoms with Gasteiger partial charge in [-0.3, -0.25) is 9.80 Å². The molecule has 0 saturated carbocycles. The fourth-order valence-corrected chi connectivity index (χ4v) is 3.76. The molecule has 5 nitrogen and oxygen atoms in total. The van der Waals surface area contributed by atoms with Gasteiger partial charge in [-0.2, -0.15) is 4.98 Å². The quantitative estimate of drug-likeness (QED) is 0.808. The van der Waals surface area contributed by atoms with Crippen molar-refractivity contribution in [1.29, 1.82) is 0 Å². The predicted octanol–water partition coefficient (Wildman–Crippen LogP) is 3.05. The highest BCUT2D eigenvalue weighted by molar-refractivity contribution is 7.16. The summed E-state index contributed by atoms with van der Waals surface area (Å²) in [5.74, 6) is 1.56. The summed E-state index contributed by atoms with van der Waals surface area (Å²) in [5.41, 5.74) is 0. The van der Waals surface area contributed by atoms with Crippen molar-refractivity contribution >= 4 is 22.9 Å². The molecule has 2 aromatic heterocycles. The molecule has 22 heavy (non-hydrogen) atoms. The highest BCUT2D eigenvalue weighted by Gasteiger charge is 2.19. The fourth-order valence-electron chi connectivity index (χ4n) is 2.63. The van der Waals surface area contributed by atoms with Gasteiger partial charge in [-0.15, -0.1) is 11.3 Å². The van der Waals surface area contributed by atoms with E-state index in [1.54, 1.807) is 11.3 Å². The molecule has 0 spiro atoms. The van der Waals surface area contributed by atoms with Crippen molar-refractivity contribution in [2.24, 2.45) is 0 Å². The average Bonchev–Trinajstić information content (AvgIpc) is 3.11. The van der Waals surface area contributed by atoms with Crippen LogP contribution in [0.15, 0.2) is 16.7 Å². The number of hydrogen-bond donors (Lipinski definition) is 0. The number of piperazine rings is 1. The van der Waals surface area contributed by atoms with Crippen molar-refractivity contribution in [2.75, 3.05) is 26.2 Å². The maximum absolute atomic E-state index is 5.98. The Labute approximate surface area is 139 Å². The van der Waals surface area contributed by atoms with Crippen LogP contribution in [-0.2, 0) is 19.5 Å². The zero-order valence-corrected chi connectivity index (χ0v) is 14.4. The third-order valence-corrected chi connectivity index (χ3v) is 5.03. The second kappa shape index (κ2) is 7.55. The second-order valence-electron chi connectivity index (χ2n) is 5.61. The molecule has 0 bridgehead atoms. The molecular weight excluding hydrogens is 320 g/mol. The summed E-state index contributed by atoms with van der Waals surface area (Å²) in [6.45, 7) is 8.06. The first-order chi connectivity index (χ1) is 10.7. The fraction of sp³-hybridized carbons (Fsp3) is 0.600. The van der Waals surface area contributed by atoms with Crippen LogP contribution < -0.4 is 0 Å². The van der Waals surface area contributed by atoms with E-state index in [9.17, 15) is 0 Å².